The number of oxazole rings is 1. The number of amides is 1. The first-order chi connectivity index (χ1) is 15.7. The van der Waals surface area contributed by atoms with Gasteiger partial charge in [0, 0.05) is 36.0 Å². The predicted molar refractivity (Wildman–Crippen MR) is 120 cm³/mol. The number of carbonyl (C=O) groups excluding carboxylic acids is 1. The van der Waals surface area contributed by atoms with E-state index in [0.29, 0.717) is 46.8 Å². The van der Waals surface area contributed by atoms with Crippen LogP contribution in [-0.4, -0.2) is 27.6 Å². The minimum atomic E-state index is -0.171. The zero-order chi connectivity index (χ0) is 21.9. The van der Waals surface area contributed by atoms with Crippen LogP contribution in [0.5, 0.6) is 0 Å². The van der Waals surface area contributed by atoms with E-state index in [4.69, 9.17) is 8.94 Å². The predicted octanol–water partition coefficient (Wildman–Crippen LogP) is 4.83. The molecular formula is C25H20N4O3. The van der Waals surface area contributed by atoms with Gasteiger partial charge >= 0.3 is 0 Å². The molecule has 5 aromatic rings. The van der Waals surface area contributed by atoms with E-state index >= 15 is 0 Å². The zero-order valence-electron chi connectivity index (χ0n) is 17.4. The van der Waals surface area contributed by atoms with Crippen LogP contribution in [0.3, 0.4) is 0 Å². The van der Waals surface area contributed by atoms with Crippen LogP contribution in [0.1, 0.15) is 21.6 Å². The number of nitrogens with one attached hydrogen (secondary N) is 1. The molecule has 3 heterocycles. The van der Waals surface area contributed by atoms with Crippen LogP contribution >= 0.6 is 0 Å². The summed E-state index contributed by atoms with van der Waals surface area (Å²) in [6.45, 7) is 2.52. The zero-order valence-corrected chi connectivity index (χ0v) is 17.4. The van der Waals surface area contributed by atoms with E-state index in [0.717, 1.165) is 16.8 Å². The van der Waals surface area contributed by atoms with Gasteiger partial charge < -0.3 is 14.3 Å². The molecule has 3 aromatic heterocycles. The van der Waals surface area contributed by atoms with Crippen molar-refractivity contribution in [3.8, 4) is 22.8 Å². The van der Waals surface area contributed by atoms with Crippen LogP contribution in [0.2, 0.25) is 0 Å². The Kier molecular flexibility index (Phi) is 5.21. The number of hydrogen-bond acceptors (Lipinski definition) is 6. The fourth-order valence-corrected chi connectivity index (χ4v) is 3.43. The summed E-state index contributed by atoms with van der Waals surface area (Å²) >= 11 is 0. The second kappa shape index (κ2) is 8.47. The summed E-state index contributed by atoms with van der Waals surface area (Å²) in [7, 11) is 0. The number of aryl methyl sites for hydroxylation is 1. The molecule has 0 bridgehead atoms. The van der Waals surface area contributed by atoms with E-state index in [-0.39, 0.29) is 5.91 Å². The van der Waals surface area contributed by atoms with Crippen LogP contribution in [0.15, 0.2) is 82.1 Å². The Hall–Kier alpha value is -4.26. The molecule has 2 aromatic carbocycles. The summed E-state index contributed by atoms with van der Waals surface area (Å²) in [4.78, 5) is 21.5. The molecule has 1 amide bonds. The van der Waals surface area contributed by atoms with E-state index in [9.17, 15) is 4.79 Å². The Morgan fingerprint density at radius 3 is 2.75 bits per heavy atom. The van der Waals surface area contributed by atoms with Gasteiger partial charge in [0.1, 0.15) is 17.7 Å². The molecule has 0 saturated carbocycles. The second-order valence-electron chi connectivity index (χ2n) is 7.47. The Bertz CT molecular complexity index is 1370. The SMILES string of the molecule is Cc1ccc(-c2nc(-c3noc4ccc(C(=O)NCCc5ccccn5)cc34)co2)cc1. The molecule has 0 radical (unpaired) electrons. The van der Waals surface area contributed by atoms with E-state index in [1.165, 1.54) is 0 Å². The van der Waals surface area contributed by atoms with Crippen molar-refractivity contribution in [3.05, 3.63) is 89.9 Å². The number of carbonyl (C=O) groups is 1. The van der Waals surface area contributed by atoms with Crippen LogP contribution < -0.4 is 5.32 Å². The van der Waals surface area contributed by atoms with E-state index in [1.54, 1.807) is 30.7 Å². The number of fused-ring (bicyclic) bond motifs is 1. The van der Waals surface area contributed by atoms with E-state index in [2.05, 4.69) is 20.4 Å². The van der Waals surface area contributed by atoms with Gasteiger partial charge in [-0.25, -0.2) is 4.98 Å². The minimum absolute atomic E-state index is 0.171. The first kappa shape index (κ1) is 19.7. The van der Waals surface area contributed by atoms with Gasteiger partial charge in [-0.3, -0.25) is 9.78 Å². The molecule has 7 heteroatoms. The molecule has 0 atom stereocenters. The largest absolute Gasteiger partial charge is 0.444 e. The van der Waals surface area contributed by atoms with Crippen molar-refractivity contribution in [2.75, 3.05) is 6.54 Å². The molecule has 0 aliphatic rings. The smallest absolute Gasteiger partial charge is 0.251 e. The number of nitrogens with zero attached hydrogens (tertiary/aromatic N) is 3. The molecule has 5 rings (SSSR count). The summed E-state index contributed by atoms with van der Waals surface area (Å²) in [5.41, 5.74) is 5.14. The minimum Gasteiger partial charge on any atom is -0.444 e. The Labute approximate surface area is 184 Å². The molecule has 0 fully saturated rings. The molecule has 158 valence electrons. The van der Waals surface area contributed by atoms with E-state index in [1.807, 2.05) is 49.4 Å². The average Bonchev–Trinajstić information content (AvgIpc) is 3.47. The van der Waals surface area contributed by atoms with Crippen molar-refractivity contribution in [1.29, 1.82) is 0 Å². The maximum absolute atomic E-state index is 12.6. The first-order valence-electron chi connectivity index (χ1n) is 10.3. The number of aromatic nitrogens is 3. The number of rotatable bonds is 6. The van der Waals surface area contributed by atoms with Crippen molar-refractivity contribution < 1.29 is 13.7 Å². The molecule has 7 nitrogen and oxygen atoms in total. The van der Waals surface area contributed by atoms with Crippen molar-refractivity contribution in [2.24, 2.45) is 0 Å². The topological polar surface area (TPSA) is 94.0 Å². The van der Waals surface area contributed by atoms with Crippen molar-refractivity contribution in [2.45, 2.75) is 13.3 Å². The Balaban J connectivity index is 1.36. The van der Waals surface area contributed by atoms with Gasteiger partial charge in [0.05, 0.1) is 5.39 Å². The summed E-state index contributed by atoms with van der Waals surface area (Å²) in [5, 5.41) is 7.78. The Morgan fingerprint density at radius 2 is 1.94 bits per heavy atom. The third-order valence-electron chi connectivity index (χ3n) is 5.17. The fraction of sp³-hybridized carbons (Fsp3) is 0.120. The second-order valence-corrected chi connectivity index (χ2v) is 7.47. The van der Waals surface area contributed by atoms with Gasteiger partial charge in [0.25, 0.3) is 5.91 Å². The molecule has 0 aliphatic carbocycles. The quantitative estimate of drug-likeness (QED) is 0.420. The lowest BCUT2D eigenvalue weighted by Crippen LogP contribution is -2.25. The van der Waals surface area contributed by atoms with Crippen LogP contribution in [0.4, 0.5) is 0 Å². The number of benzene rings is 2. The molecule has 1 N–H and O–H groups in total. The first-order valence-corrected chi connectivity index (χ1v) is 10.3. The fourth-order valence-electron chi connectivity index (χ4n) is 3.43. The third-order valence-corrected chi connectivity index (χ3v) is 5.17. The molecule has 0 spiro atoms. The van der Waals surface area contributed by atoms with Gasteiger partial charge in [-0.2, -0.15) is 0 Å². The Morgan fingerprint density at radius 1 is 1.06 bits per heavy atom. The molecule has 0 aliphatic heterocycles. The average molecular weight is 424 g/mol. The van der Waals surface area contributed by atoms with Crippen LogP contribution in [-0.2, 0) is 6.42 Å². The summed E-state index contributed by atoms with van der Waals surface area (Å²) < 4.78 is 11.1. The van der Waals surface area contributed by atoms with Crippen molar-refractivity contribution in [1.82, 2.24) is 20.4 Å². The lowest BCUT2D eigenvalue weighted by molar-refractivity contribution is 0.0954. The molecule has 32 heavy (non-hydrogen) atoms. The van der Waals surface area contributed by atoms with E-state index < -0.39 is 0 Å². The highest BCUT2D eigenvalue weighted by molar-refractivity contribution is 6.00. The van der Waals surface area contributed by atoms with Gasteiger partial charge in [0.15, 0.2) is 5.58 Å². The summed E-state index contributed by atoms with van der Waals surface area (Å²) in [6, 6.07) is 18.9. The maximum Gasteiger partial charge on any atom is 0.251 e. The van der Waals surface area contributed by atoms with Crippen molar-refractivity contribution >= 4 is 16.9 Å². The number of hydrogen-bond donors (Lipinski definition) is 1. The van der Waals surface area contributed by atoms with Crippen molar-refractivity contribution in [3.63, 3.8) is 0 Å². The maximum atomic E-state index is 12.6. The lowest BCUT2D eigenvalue weighted by atomic mass is 10.1. The van der Waals surface area contributed by atoms with Crippen LogP contribution in [0, 0.1) is 6.92 Å². The molecule has 0 saturated heterocycles. The highest BCUT2D eigenvalue weighted by Crippen LogP contribution is 2.30. The molecule has 0 unspecified atom stereocenters. The third kappa shape index (κ3) is 4.00. The van der Waals surface area contributed by atoms with Crippen LogP contribution in [0.25, 0.3) is 33.8 Å². The van der Waals surface area contributed by atoms with Gasteiger partial charge in [0.2, 0.25) is 5.89 Å². The standard InChI is InChI=1S/C25H20N4O3/c1-16-5-7-17(8-6-16)25-28-21(15-31-25)23-20-14-18(9-10-22(20)32-29-23)24(30)27-13-11-19-4-2-3-12-26-19/h2-10,12,14-15H,11,13H2,1H3,(H,27,30). The highest BCUT2D eigenvalue weighted by atomic mass is 16.5. The number of pyridine rings is 1. The van der Waals surface area contributed by atoms with Gasteiger partial charge in [-0.05, 0) is 49.4 Å². The highest BCUT2D eigenvalue weighted by Gasteiger charge is 2.17. The van der Waals surface area contributed by atoms with Gasteiger partial charge in [-0.1, -0.05) is 28.9 Å². The van der Waals surface area contributed by atoms with Gasteiger partial charge in [-0.15, -0.1) is 0 Å². The summed E-state index contributed by atoms with van der Waals surface area (Å²) in [5.74, 6) is 0.329. The molecular weight excluding hydrogens is 404 g/mol. The lowest BCUT2D eigenvalue weighted by Gasteiger charge is -2.05. The summed E-state index contributed by atoms with van der Waals surface area (Å²) in [6.07, 6.45) is 3.95. The monoisotopic (exact) mass is 424 g/mol. The normalized spacial score (nSPS) is 11.0.